The van der Waals surface area contributed by atoms with Gasteiger partial charge in [0, 0.05) is 22.5 Å². The molecule has 7 nitrogen and oxygen atoms in total. The summed E-state index contributed by atoms with van der Waals surface area (Å²) in [5.74, 6) is -0.742. The van der Waals surface area contributed by atoms with Gasteiger partial charge in [0.2, 0.25) is 0 Å². The highest BCUT2D eigenvalue weighted by atomic mass is 32.2. The number of fused-ring (bicyclic) bond motifs is 3. The van der Waals surface area contributed by atoms with Crippen LogP contribution in [0.2, 0.25) is 0 Å². The molecule has 29 heavy (non-hydrogen) atoms. The topological polar surface area (TPSA) is 108 Å². The molecule has 0 unspecified atom stereocenters. The number of nitrogen functional groups attached to an aromatic ring is 1. The van der Waals surface area contributed by atoms with Crippen molar-refractivity contribution in [1.82, 2.24) is 14.8 Å². The predicted octanol–water partition coefficient (Wildman–Crippen LogP) is 3.04. The molecule has 9 heteroatoms. The predicted molar refractivity (Wildman–Crippen MR) is 106 cm³/mol. The molecule has 0 spiro atoms. The van der Waals surface area contributed by atoms with Crippen LogP contribution in [0, 0.1) is 5.82 Å². The summed E-state index contributed by atoms with van der Waals surface area (Å²) in [4.78, 5) is 16.9. The first-order valence-corrected chi connectivity index (χ1v) is 10.3. The van der Waals surface area contributed by atoms with Crippen molar-refractivity contribution in [3.8, 4) is 5.69 Å². The van der Waals surface area contributed by atoms with E-state index in [1.807, 2.05) is 0 Å². The zero-order valence-electron chi connectivity index (χ0n) is 15.5. The third-order valence-electron chi connectivity index (χ3n) is 5.47. The Morgan fingerprint density at radius 3 is 2.62 bits per heavy atom. The molecule has 5 rings (SSSR count). The second-order valence-electron chi connectivity index (χ2n) is 7.50. The Labute approximate surface area is 164 Å². The molecule has 0 bridgehead atoms. The van der Waals surface area contributed by atoms with Gasteiger partial charge in [-0.2, -0.15) is 0 Å². The zero-order chi connectivity index (χ0) is 20.7. The number of hydrogen-bond acceptors (Lipinski definition) is 6. The third-order valence-corrected chi connectivity index (χ3v) is 7.92. The first-order valence-electron chi connectivity index (χ1n) is 8.79. The van der Waals surface area contributed by atoms with E-state index in [9.17, 15) is 17.6 Å². The SMILES string of the molecule is CC1(C)C(=O)c2cc3nccc(-n4nc(N)c5cc(F)ccc54)c3cc2S1(=O)=O. The minimum absolute atomic E-state index is 0.0234. The molecule has 2 aromatic heterocycles. The van der Waals surface area contributed by atoms with Gasteiger partial charge in [-0.15, -0.1) is 5.10 Å². The van der Waals surface area contributed by atoms with E-state index in [1.54, 1.807) is 12.1 Å². The lowest BCUT2D eigenvalue weighted by atomic mass is 9.99. The molecule has 1 aliphatic rings. The number of anilines is 1. The van der Waals surface area contributed by atoms with Gasteiger partial charge in [0.15, 0.2) is 21.4 Å². The number of Topliss-reactive ketones (excluding diaryl/α,β-unsaturated/α-hetero) is 1. The molecule has 146 valence electrons. The standard InChI is InChI=1S/C20H15FN4O3S/c1-20(2)18(26)13-8-14-11(9-17(13)29(20,27)28)16(5-6-23-14)25-15-4-3-10(21)7-12(15)19(22)24-25/h3-9H,1-2H3,(H2,22,24). The molecule has 2 aromatic carbocycles. The van der Waals surface area contributed by atoms with Crippen LogP contribution in [-0.2, 0) is 9.84 Å². The molecule has 3 heterocycles. The van der Waals surface area contributed by atoms with E-state index in [4.69, 9.17) is 5.73 Å². The van der Waals surface area contributed by atoms with Crippen molar-refractivity contribution in [2.45, 2.75) is 23.5 Å². The maximum absolute atomic E-state index is 13.6. The number of nitrogens with zero attached hydrogens (tertiary/aromatic N) is 3. The molecule has 0 amide bonds. The Hall–Kier alpha value is -3.33. The third kappa shape index (κ3) is 2.16. The van der Waals surface area contributed by atoms with Gasteiger partial charge in [-0.1, -0.05) is 0 Å². The molecule has 0 aliphatic carbocycles. The molecule has 1 aliphatic heterocycles. The van der Waals surface area contributed by atoms with Crippen molar-refractivity contribution in [1.29, 1.82) is 0 Å². The van der Waals surface area contributed by atoms with E-state index >= 15 is 0 Å². The van der Waals surface area contributed by atoms with Gasteiger partial charge >= 0.3 is 0 Å². The summed E-state index contributed by atoms with van der Waals surface area (Å²) in [5, 5.41) is 5.25. The number of sulfone groups is 1. The molecule has 4 aromatic rings. The highest BCUT2D eigenvalue weighted by Gasteiger charge is 2.51. The summed E-state index contributed by atoms with van der Waals surface area (Å²) in [5.41, 5.74) is 7.64. The largest absolute Gasteiger partial charge is 0.382 e. The van der Waals surface area contributed by atoms with Crippen LogP contribution in [0.3, 0.4) is 0 Å². The van der Waals surface area contributed by atoms with Crippen molar-refractivity contribution in [2.75, 3.05) is 5.73 Å². The summed E-state index contributed by atoms with van der Waals surface area (Å²) in [6.45, 7) is 2.81. The molecule has 0 fully saturated rings. The fourth-order valence-electron chi connectivity index (χ4n) is 3.76. The van der Waals surface area contributed by atoms with Crippen LogP contribution in [-0.4, -0.2) is 33.7 Å². The lowest BCUT2D eigenvalue weighted by Crippen LogP contribution is -2.33. The van der Waals surface area contributed by atoms with Crippen LogP contribution in [0.5, 0.6) is 0 Å². The number of carbonyl (C=O) groups excluding carboxylic acids is 1. The number of benzene rings is 2. The summed E-state index contributed by atoms with van der Waals surface area (Å²) in [6, 6.07) is 8.77. The molecular weight excluding hydrogens is 395 g/mol. The van der Waals surface area contributed by atoms with Crippen LogP contribution in [0.1, 0.15) is 24.2 Å². The Morgan fingerprint density at radius 2 is 1.86 bits per heavy atom. The first kappa shape index (κ1) is 17.7. The van der Waals surface area contributed by atoms with Crippen molar-refractivity contribution >= 4 is 43.2 Å². The van der Waals surface area contributed by atoms with Gasteiger partial charge in [0.25, 0.3) is 0 Å². The second kappa shape index (κ2) is 5.38. The van der Waals surface area contributed by atoms with E-state index in [0.29, 0.717) is 27.5 Å². The van der Waals surface area contributed by atoms with Gasteiger partial charge in [-0.3, -0.25) is 9.78 Å². The van der Waals surface area contributed by atoms with Crippen LogP contribution in [0.15, 0.2) is 47.5 Å². The van der Waals surface area contributed by atoms with Crippen LogP contribution >= 0.6 is 0 Å². The normalized spacial score (nSPS) is 17.1. The number of pyridine rings is 1. The van der Waals surface area contributed by atoms with Crippen LogP contribution in [0.4, 0.5) is 10.2 Å². The molecule has 0 atom stereocenters. The fourth-order valence-corrected chi connectivity index (χ4v) is 5.38. The number of nitrogens with two attached hydrogens (primary N) is 1. The highest BCUT2D eigenvalue weighted by Crippen LogP contribution is 2.41. The average molecular weight is 410 g/mol. The molecule has 0 saturated heterocycles. The van der Waals surface area contributed by atoms with Crippen molar-refractivity contribution < 1.29 is 17.6 Å². The molecule has 0 saturated carbocycles. The number of rotatable bonds is 1. The Bertz CT molecular complexity index is 1490. The lowest BCUT2D eigenvalue weighted by molar-refractivity contribution is 0.0959. The lowest BCUT2D eigenvalue weighted by Gasteiger charge is -2.13. The quantitative estimate of drug-likeness (QED) is 0.517. The monoisotopic (exact) mass is 410 g/mol. The Morgan fingerprint density at radius 1 is 1.10 bits per heavy atom. The summed E-state index contributed by atoms with van der Waals surface area (Å²) >= 11 is 0. The summed E-state index contributed by atoms with van der Waals surface area (Å²) in [7, 11) is -3.85. The minimum Gasteiger partial charge on any atom is -0.382 e. The highest BCUT2D eigenvalue weighted by molar-refractivity contribution is 7.94. The van der Waals surface area contributed by atoms with Gasteiger partial charge < -0.3 is 5.73 Å². The van der Waals surface area contributed by atoms with E-state index in [1.165, 1.54) is 49.0 Å². The molecule has 0 radical (unpaired) electrons. The van der Waals surface area contributed by atoms with E-state index in [2.05, 4.69) is 10.1 Å². The zero-order valence-corrected chi connectivity index (χ0v) is 16.3. The van der Waals surface area contributed by atoms with Crippen molar-refractivity contribution in [3.63, 3.8) is 0 Å². The molecular formula is C20H15FN4O3S. The van der Waals surface area contributed by atoms with E-state index in [0.717, 1.165) is 0 Å². The Balaban J connectivity index is 1.87. The maximum atomic E-state index is 13.6. The van der Waals surface area contributed by atoms with Gasteiger partial charge in [-0.05, 0) is 50.2 Å². The van der Waals surface area contributed by atoms with Crippen molar-refractivity contribution in [2.24, 2.45) is 0 Å². The smallest absolute Gasteiger partial charge is 0.191 e. The van der Waals surface area contributed by atoms with E-state index in [-0.39, 0.29) is 16.3 Å². The average Bonchev–Trinajstić information content (AvgIpc) is 3.06. The van der Waals surface area contributed by atoms with Gasteiger partial charge in [0.05, 0.1) is 21.6 Å². The minimum atomic E-state index is -3.85. The van der Waals surface area contributed by atoms with E-state index < -0.39 is 26.2 Å². The molecule has 2 N–H and O–H groups in total. The number of aromatic nitrogens is 3. The first-order chi connectivity index (χ1) is 13.6. The van der Waals surface area contributed by atoms with Gasteiger partial charge in [0.1, 0.15) is 10.6 Å². The maximum Gasteiger partial charge on any atom is 0.191 e. The second-order valence-corrected chi connectivity index (χ2v) is 9.96. The number of hydrogen-bond donors (Lipinski definition) is 1. The van der Waals surface area contributed by atoms with Crippen molar-refractivity contribution in [3.05, 3.63) is 54.0 Å². The summed E-state index contributed by atoms with van der Waals surface area (Å²) < 4.78 is 39.5. The summed E-state index contributed by atoms with van der Waals surface area (Å²) in [6.07, 6.45) is 1.54. The number of carbonyl (C=O) groups is 1. The fraction of sp³-hybridized carbons (Fsp3) is 0.150. The van der Waals surface area contributed by atoms with Gasteiger partial charge in [-0.25, -0.2) is 17.5 Å². The van der Waals surface area contributed by atoms with Crippen LogP contribution < -0.4 is 5.73 Å². The number of halogens is 1. The number of ketones is 1. The Kier molecular flexibility index (Phi) is 3.29. The van der Waals surface area contributed by atoms with Crippen LogP contribution in [0.25, 0.3) is 27.5 Å².